The van der Waals surface area contributed by atoms with Gasteiger partial charge in [0, 0.05) is 13.0 Å². The number of allylic oxidation sites excluding steroid dienone is 2. The standard InChI is InChI=1S/C29H25Cl2FN2O6/c1-29-17(26(37)34(28(29)39)13-4-7-20(32)18(30)10-13)11-16-14(5-6-15-22(16)27(38)33(2)25(15)36)23(29)12-8-19(31)24(35)21(9-12)40-3/h4-5,7-10,15-17,22-23,35H,6,11H2,1-3H3/t15-,16+,17-,22-,23-,29+/m0/s1. The van der Waals surface area contributed by atoms with Crippen molar-refractivity contribution in [3.8, 4) is 11.5 Å². The van der Waals surface area contributed by atoms with E-state index in [4.69, 9.17) is 27.9 Å². The fraction of sp³-hybridized carbons (Fsp3) is 0.379. The van der Waals surface area contributed by atoms with Crippen molar-refractivity contribution in [1.82, 2.24) is 4.90 Å². The molecule has 0 spiro atoms. The number of carbonyl (C=O) groups excluding carboxylic acids is 4. The first-order chi connectivity index (χ1) is 18.9. The Labute approximate surface area is 239 Å². The number of methoxy groups -OCH3 is 1. The third kappa shape index (κ3) is 3.43. The molecule has 2 saturated heterocycles. The summed E-state index contributed by atoms with van der Waals surface area (Å²) in [6.07, 6.45) is 2.39. The molecule has 8 nitrogen and oxygen atoms in total. The molecule has 4 amide bonds. The molecule has 2 aliphatic heterocycles. The van der Waals surface area contributed by atoms with Gasteiger partial charge in [-0.2, -0.15) is 0 Å². The van der Waals surface area contributed by atoms with E-state index in [1.54, 1.807) is 13.0 Å². The van der Waals surface area contributed by atoms with E-state index in [0.717, 1.165) is 21.4 Å². The van der Waals surface area contributed by atoms with Gasteiger partial charge in [-0.15, -0.1) is 0 Å². The van der Waals surface area contributed by atoms with E-state index >= 15 is 0 Å². The summed E-state index contributed by atoms with van der Waals surface area (Å²) in [5, 5.41) is 10.2. The summed E-state index contributed by atoms with van der Waals surface area (Å²) >= 11 is 12.4. The van der Waals surface area contributed by atoms with Gasteiger partial charge in [-0.1, -0.05) is 34.9 Å². The van der Waals surface area contributed by atoms with Gasteiger partial charge in [0.05, 0.1) is 46.0 Å². The maximum atomic E-state index is 14.3. The molecule has 40 heavy (non-hydrogen) atoms. The van der Waals surface area contributed by atoms with Crippen molar-refractivity contribution < 1.29 is 33.4 Å². The third-order valence-corrected chi connectivity index (χ3v) is 9.84. The fourth-order valence-corrected chi connectivity index (χ4v) is 7.73. The number of benzene rings is 2. The normalized spacial score (nSPS) is 31.2. The number of phenolic OH excluding ortho intramolecular Hbond substituents is 1. The van der Waals surface area contributed by atoms with Crippen LogP contribution in [-0.2, 0) is 19.2 Å². The maximum absolute atomic E-state index is 14.3. The van der Waals surface area contributed by atoms with Crippen molar-refractivity contribution in [3.63, 3.8) is 0 Å². The smallest absolute Gasteiger partial charge is 0.241 e. The zero-order valence-electron chi connectivity index (χ0n) is 21.8. The average Bonchev–Trinajstić information content (AvgIpc) is 3.26. The number of ether oxygens (including phenoxy) is 1. The molecule has 6 atom stereocenters. The molecule has 1 N–H and O–H groups in total. The number of halogens is 3. The molecule has 0 aromatic heterocycles. The van der Waals surface area contributed by atoms with E-state index in [-0.39, 0.29) is 45.5 Å². The lowest BCUT2D eigenvalue weighted by molar-refractivity contribution is -0.138. The number of aromatic hydroxyl groups is 1. The number of anilines is 1. The molecule has 208 valence electrons. The van der Waals surface area contributed by atoms with Gasteiger partial charge in [-0.05, 0) is 61.6 Å². The monoisotopic (exact) mass is 586 g/mol. The fourth-order valence-electron chi connectivity index (χ4n) is 7.34. The molecule has 4 aliphatic rings. The van der Waals surface area contributed by atoms with E-state index < -0.39 is 52.6 Å². The molecular weight excluding hydrogens is 562 g/mol. The van der Waals surface area contributed by atoms with Crippen molar-refractivity contribution in [2.75, 3.05) is 19.1 Å². The van der Waals surface area contributed by atoms with E-state index in [1.165, 1.54) is 32.4 Å². The zero-order valence-corrected chi connectivity index (χ0v) is 23.3. The molecule has 11 heteroatoms. The Hall–Kier alpha value is -3.43. The Morgan fingerprint density at radius 1 is 1.02 bits per heavy atom. The second kappa shape index (κ2) is 9.04. The van der Waals surface area contributed by atoms with Gasteiger partial charge in [0.15, 0.2) is 11.5 Å². The highest BCUT2D eigenvalue weighted by Gasteiger charge is 2.67. The molecule has 0 unspecified atom stereocenters. The molecule has 2 aliphatic carbocycles. The largest absolute Gasteiger partial charge is 0.503 e. The van der Waals surface area contributed by atoms with Crippen molar-refractivity contribution in [2.45, 2.75) is 25.7 Å². The van der Waals surface area contributed by atoms with Crippen molar-refractivity contribution in [3.05, 3.63) is 63.4 Å². The van der Waals surface area contributed by atoms with Gasteiger partial charge in [0.2, 0.25) is 23.6 Å². The number of hydrogen-bond donors (Lipinski definition) is 1. The highest BCUT2D eigenvalue weighted by molar-refractivity contribution is 6.32. The predicted molar refractivity (Wildman–Crippen MR) is 143 cm³/mol. The van der Waals surface area contributed by atoms with Crippen LogP contribution in [-0.4, -0.2) is 47.8 Å². The second-order valence-electron chi connectivity index (χ2n) is 11.0. The van der Waals surface area contributed by atoms with E-state index in [1.807, 2.05) is 6.08 Å². The quantitative estimate of drug-likeness (QED) is 0.412. The number of carbonyl (C=O) groups is 4. The molecule has 2 aromatic carbocycles. The minimum atomic E-state index is -1.34. The summed E-state index contributed by atoms with van der Waals surface area (Å²) in [4.78, 5) is 56.7. The molecule has 3 fully saturated rings. The number of nitrogens with zero attached hydrogens (tertiary/aromatic N) is 2. The van der Waals surface area contributed by atoms with E-state index in [0.29, 0.717) is 12.0 Å². The van der Waals surface area contributed by atoms with Gasteiger partial charge < -0.3 is 9.84 Å². The summed E-state index contributed by atoms with van der Waals surface area (Å²) in [6, 6.07) is 6.76. The first-order valence-corrected chi connectivity index (χ1v) is 13.6. The lowest BCUT2D eigenvalue weighted by Crippen LogP contribution is -2.48. The number of fused-ring (bicyclic) bond motifs is 4. The van der Waals surface area contributed by atoms with Crippen LogP contribution in [0.4, 0.5) is 10.1 Å². The summed E-state index contributed by atoms with van der Waals surface area (Å²) in [7, 11) is 2.83. The van der Waals surface area contributed by atoms with Gasteiger partial charge in [-0.3, -0.25) is 24.1 Å². The molecular formula is C29H25Cl2FN2O6. The highest BCUT2D eigenvalue weighted by atomic mass is 35.5. The van der Waals surface area contributed by atoms with Gasteiger partial charge >= 0.3 is 0 Å². The van der Waals surface area contributed by atoms with Crippen LogP contribution in [0, 0.1) is 34.9 Å². The molecule has 0 bridgehead atoms. The van der Waals surface area contributed by atoms with Crippen LogP contribution in [0.3, 0.4) is 0 Å². The second-order valence-corrected chi connectivity index (χ2v) is 11.9. The molecule has 2 heterocycles. The lowest BCUT2D eigenvalue weighted by Gasteiger charge is -2.49. The maximum Gasteiger partial charge on any atom is 0.241 e. The van der Waals surface area contributed by atoms with Crippen molar-refractivity contribution in [1.29, 1.82) is 0 Å². The van der Waals surface area contributed by atoms with E-state index in [9.17, 15) is 28.7 Å². The first-order valence-electron chi connectivity index (χ1n) is 12.8. The minimum absolute atomic E-state index is 0.00305. The Morgan fingerprint density at radius 3 is 2.42 bits per heavy atom. The predicted octanol–water partition coefficient (Wildman–Crippen LogP) is 4.71. The Kier molecular flexibility index (Phi) is 6.05. The number of likely N-dealkylation sites (tertiary alicyclic amines) is 1. The third-order valence-electron chi connectivity index (χ3n) is 9.26. The van der Waals surface area contributed by atoms with Crippen LogP contribution in [0.1, 0.15) is 31.2 Å². The summed E-state index contributed by atoms with van der Waals surface area (Å²) in [5.74, 6) is -5.77. The van der Waals surface area contributed by atoms with Gasteiger partial charge in [0.1, 0.15) is 5.82 Å². The van der Waals surface area contributed by atoms with Gasteiger partial charge in [-0.25, -0.2) is 9.29 Å². The van der Waals surface area contributed by atoms with Crippen LogP contribution < -0.4 is 9.64 Å². The van der Waals surface area contributed by atoms with Crippen LogP contribution in [0.2, 0.25) is 10.0 Å². The topological polar surface area (TPSA) is 104 Å². The molecule has 2 aromatic rings. The Morgan fingerprint density at radius 2 is 1.75 bits per heavy atom. The van der Waals surface area contributed by atoms with Crippen LogP contribution >= 0.6 is 23.2 Å². The number of amides is 4. The lowest BCUT2D eigenvalue weighted by atomic mass is 9.51. The average molecular weight is 587 g/mol. The number of phenols is 1. The van der Waals surface area contributed by atoms with Crippen LogP contribution in [0.5, 0.6) is 11.5 Å². The Bertz CT molecular complexity index is 1560. The summed E-state index contributed by atoms with van der Waals surface area (Å²) in [5.41, 5.74) is 0.0849. The summed E-state index contributed by atoms with van der Waals surface area (Å²) < 4.78 is 19.3. The summed E-state index contributed by atoms with van der Waals surface area (Å²) in [6.45, 7) is 1.71. The number of hydrogen-bond acceptors (Lipinski definition) is 6. The van der Waals surface area contributed by atoms with Gasteiger partial charge in [0.25, 0.3) is 0 Å². The van der Waals surface area contributed by atoms with E-state index in [2.05, 4.69) is 0 Å². The number of imide groups is 2. The first kappa shape index (κ1) is 26.8. The highest BCUT2D eigenvalue weighted by Crippen LogP contribution is 2.64. The SMILES string of the molecule is COc1cc([C@H]2C3=CC[C@@H]4C(=O)N(C)C(=O)[C@@H]4[C@@H]3C[C@H]3C(=O)N(c4ccc(F)c(Cl)c4)C(=O)[C@@]23C)cc(Cl)c1O. The number of rotatable bonds is 3. The van der Waals surface area contributed by atoms with Crippen molar-refractivity contribution in [2.24, 2.45) is 29.1 Å². The zero-order chi connectivity index (χ0) is 28.8. The van der Waals surface area contributed by atoms with Crippen LogP contribution in [0.15, 0.2) is 42.0 Å². The molecule has 6 rings (SSSR count). The van der Waals surface area contributed by atoms with Crippen molar-refractivity contribution >= 4 is 52.5 Å². The molecule has 1 saturated carbocycles. The molecule has 0 radical (unpaired) electrons. The van der Waals surface area contributed by atoms with Crippen LogP contribution in [0.25, 0.3) is 0 Å². The minimum Gasteiger partial charge on any atom is -0.503 e. The Balaban J connectivity index is 1.56.